The molecule has 0 radical (unpaired) electrons. The molecular formula is C32H33F2N5O3. The Balaban J connectivity index is 1.29. The van der Waals surface area contributed by atoms with Crippen molar-refractivity contribution in [2.24, 2.45) is 0 Å². The second-order valence-electron chi connectivity index (χ2n) is 12.3. The summed E-state index contributed by atoms with van der Waals surface area (Å²) < 4.78 is 36.8. The molecule has 0 spiro atoms. The number of aromatic hydroxyl groups is 2. The number of alkyl halides is 1. The number of hydrogen-bond acceptors (Lipinski definition) is 8. The van der Waals surface area contributed by atoms with Crippen LogP contribution >= 0.6 is 0 Å². The average molecular weight is 574 g/mol. The summed E-state index contributed by atoms with van der Waals surface area (Å²) in [6.45, 7) is 3.09. The van der Waals surface area contributed by atoms with Gasteiger partial charge < -0.3 is 25.2 Å². The van der Waals surface area contributed by atoms with Crippen LogP contribution in [-0.2, 0) is 0 Å². The van der Waals surface area contributed by atoms with Crippen molar-refractivity contribution in [2.75, 3.05) is 37.7 Å². The fourth-order valence-corrected chi connectivity index (χ4v) is 7.97. The van der Waals surface area contributed by atoms with Crippen molar-refractivity contribution in [1.29, 1.82) is 0 Å². The minimum Gasteiger partial charge on any atom is -0.508 e. The lowest BCUT2D eigenvalue weighted by atomic mass is 9.95. The molecule has 42 heavy (non-hydrogen) atoms. The van der Waals surface area contributed by atoms with Gasteiger partial charge in [0.15, 0.2) is 5.75 Å². The molecule has 4 aromatic rings. The first-order chi connectivity index (χ1) is 20.4. The topological polar surface area (TPSA) is 94.0 Å². The van der Waals surface area contributed by atoms with Crippen molar-refractivity contribution in [3.05, 3.63) is 48.3 Å². The zero-order valence-electron chi connectivity index (χ0n) is 23.2. The van der Waals surface area contributed by atoms with Crippen LogP contribution in [0.15, 0.2) is 42.5 Å². The molecule has 0 amide bonds. The highest BCUT2D eigenvalue weighted by Crippen LogP contribution is 2.46. The van der Waals surface area contributed by atoms with Gasteiger partial charge >= 0.3 is 6.01 Å². The van der Waals surface area contributed by atoms with E-state index >= 15 is 4.39 Å². The number of piperazine rings is 1. The first-order valence-corrected chi connectivity index (χ1v) is 14.9. The number of ether oxygens (including phenoxy) is 1. The lowest BCUT2D eigenvalue weighted by molar-refractivity contribution is 0.107. The highest BCUT2D eigenvalue weighted by Gasteiger charge is 2.49. The molecule has 5 heterocycles. The monoisotopic (exact) mass is 573 g/mol. The van der Waals surface area contributed by atoms with E-state index in [2.05, 4.69) is 20.1 Å². The third kappa shape index (κ3) is 3.99. The Hall–Kier alpha value is -3.76. The molecule has 4 atom stereocenters. The molecule has 0 saturated carbocycles. The molecular weight excluding hydrogens is 540 g/mol. The summed E-state index contributed by atoms with van der Waals surface area (Å²) in [5.41, 5.74) is 0.132. The van der Waals surface area contributed by atoms with E-state index in [1.807, 2.05) is 24.3 Å². The molecule has 8 rings (SSSR count). The standard InChI is InChI=1S/C32H33F2N5O3/c33-19-13-32(8-3-9-38(32)16-19)17-42-31-36-28-25(30(37-31)39-20-6-7-21(39)15-35-14-20)12-26(34)27(29(28)41)24-11-22(40)10-18-4-1-2-5-23(18)24/h1-2,4-5,10-12,19-21,35,40-41H,3,6-9,13-17H2/t19-,20-,21+,32+/m1/s1. The number of aromatic nitrogens is 2. The lowest BCUT2D eigenvalue weighted by Crippen LogP contribution is -2.52. The van der Waals surface area contributed by atoms with E-state index in [-0.39, 0.29) is 52.8 Å². The Bertz CT molecular complexity index is 1700. The second kappa shape index (κ2) is 9.64. The summed E-state index contributed by atoms with van der Waals surface area (Å²) >= 11 is 0. The summed E-state index contributed by atoms with van der Waals surface area (Å²) in [7, 11) is 0. The van der Waals surface area contributed by atoms with Gasteiger partial charge in [0.1, 0.15) is 35.7 Å². The second-order valence-corrected chi connectivity index (χ2v) is 12.3. The molecule has 218 valence electrons. The van der Waals surface area contributed by atoms with Gasteiger partial charge in [-0.2, -0.15) is 9.97 Å². The predicted octanol–water partition coefficient (Wildman–Crippen LogP) is 4.90. The number of hydrogen-bond donors (Lipinski definition) is 3. The van der Waals surface area contributed by atoms with Crippen LogP contribution in [-0.4, -0.2) is 81.7 Å². The highest BCUT2D eigenvalue weighted by molar-refractivity contribution is 6.04. The number of rotatable bonds is 5. The summed E-state index contributed by atoms with van der Waals surface area (Å²) in [6, 6.07) is 12.3. The number of nitrogens with zero attached hydrogens (tertiary/aromatic N) is 4. The van der Waals surface area contributed by atoms with Crippen LogP contribution in [0, 0.1) is 5.82 Å². The molecule has 10 heteroatoms. The van der Waals surface area contributed by atoms with Crippen molar-refractivity contribution < 1.29 is 23.7 Å². The molecule has 0 unspecified atom stereocenters. The van der Waals surface area contributed by atoms with Crippen molar-refractivity contribution >= 4 is 27.5 Å². The molecule has 1 aromatic heterocycles. The van der Waals surface area contributed by atoms with E-state index in [1.165, 1.54) is 12.1 Å². The zero-order valence-corrected chi connectivity index (χ0v) is 23.2. The van der Waals surface area contributed by atoms with Crippen LogP contribution in [0.1, 0.15) is 32.1 Å². The summed E-state index contributed by atoms with van der Waals surface area (Å²) in [5.74, 6) is -0.448. The first-order valence-electron chi connectivity index (χ1n) is 14.9. The Kier molecular flexibility index (Phi) is 5.95. The van der Waals surface area contributed by atoms with Crippen LogP contribution in [0.3, 0.4) is 0 Å². The first kappa shape index (κ1) is 25.9. The summed E-state index contributed by atoms with van der Waals surface area (Å²) in [4.78, 5) is 13.9. The Morgan fingerprint density at radius 3 is 2.69 bits per heavy atom. The van der Waals surface area contributed by atoms with Gasteiger partial charge in [-0.25, -0.2) is 8.78 Å². The summed E-state index contributed by atoms with van der Waals surface area (Å²) in [6.07, 6.45) is 3.34. The van der Waals surface area contributed by atoms with Crippen LogP contribution < -0.4 is 15.0 Å². The van der Waals surface area contributed by atoms with Gasteiger partial charge in [0, 0.05) is 43.5 Å². The highest BCUT2D eigenvalue weighted by atomic mass is 19.1. The van der Waals surface area contributed by atoms with Crippen LogP contribution in [0.25, 0.3) is 32.8 Å². The van der Waals surface area contributed by atoms with Gasteiger partial charge in [-0.15, -0.1) is 0 Å². The number of phenols is 2. The quantitative estimate of drug-likeness (QED) is 0.311. The van der Waals surface area contributed by atoms with E-state index in [9.17, 15) is 14.6 Å². The number of halogens is 2. The van der Waals surface area contributed by atoms with Gasteiger partial charge in [-0.3, -0.25) is 4.90 Å². The van der Waals surface area contributed by atoms with Crippen LogP contribution in [0.4, 0.5) is 14.6 Å². The largest absolute Gasteiger partial charge is 0.508 e. The molecule has 4 saturated heterocycles. The smallest absolute Gasteiger partial charge is 0.319 e. The Labute approximate surface area is 241 Å². The molecule has 3 N–H and O–H groups in total. The number of anilines is 1. The number of phenolic OH excluding ortho intramolecular Hbond substituents is 2. The van der Waals surface area contributed by atoms with E-state index < -0.39 is 12.0 Å². The minimum atomic E-state index is -0.884. The van der Waals surface area contributed by atoms with Gasteiger partial charge in [0.25, 0.3) is 0 Å². The fourth-order valence-electron chi connectivity index (χ4n) is 7.97. The van der Waals surface area contributed by atoms with E-state index in [1.54, 1.807) is 6.07 Å². The maximum Gasteiger partial charge on any atom is 0.319 e. The molecule has 4 fully saturated rings. The van der Waals surface area contributed by atoms with Gasteiger partial charge in [0.05, 0.1) is 11.1 Å². The Morgan fingerprint density at radius 1 is 1.05 bits per heavy atom. The fraction of sp³-hybridized carbons (Fsp3) is 0.438. The lowest BCUT2D eigenvalue weighted by Gasteiger charge is -2.37. The number of benzene rings is 3. The third-order valence-electron chi connectivity index (χ3n) is 9.85. The molecule has 4 aliphatic rings. The molecule has 3 aromatic carbocycles. The predicted molar refractivity (Wildman–Crippen MR) is 156 cm³/mol. The maximum absolute atomic E-state index is 16.1. The van der Waals surface area contributed by atoms with Crippen LogP contribution in [0.2, 0.25) is 0 Å². The van der Waals surface area contributed by atoms with Crippen molar-refractivity contribution in [2.45, 2.75) is 55.9 Å². The molecule has 4 aliphatic heterocycles. The molecule has 2 bridgehead atoms. The van der Waals surface area contributed by atoms with Gasteiger partial charge in [-0.05, 0) is 66.8 Å². The molecule has 8 nitrogen and oxygen atoms in total. The van der Waals surface area contributed by atoms with E-state index in [0.29, 0.717) is 35.1 Å². The van der Waals surface area contributed by atoms with E-state index in [0.717, 1.165) is 50.7 Å². The van der Waals surface area contributed by atoms with Crippen molar-refractivity contribution in [1.82, 2.24) is 20.2 Å². The summed E-state index contributed by atoms with van der Waals surface area (Å²) in [5, 5.41) is 27.5. The minimum absolute atomic E-state index is 0.0320. The van der Waals surface area contributed by atoms with Gasteiger partial charge in [-0.1, -0.05) is 24.3 Å². The Morgan fingerprint density at radius 2 is 1.86 bits per heavy atom. The van der Waals surface area contributed by atoms with Crippen molar-refractivity contribution in [3.8, 4) is 28.6 Å². The number of fused-ring (bicyclic) bond motifs is 5. The number of nitrogens with one attached hydrogen (secondary N) is 1. The van der Waals surface area contributed by atoms with E-state index in [4.69, 9.17) is 9.72 Å². The SMILES string of the molecule is Oc1cc(-c2c(F)cc3c(N4[C@@H]5CC[C@H]4CNC5)nc(OC[C@@]45CCCN4C[C@H](F)C5)nc3c2O)c2ccccc2c1. The third-order valence-corrected chi connectivity index (χ3v) is 9.85. The average Bonchev–Trinajstić information content (AvgIpc) is 3.58. The normalized spacial score (nSPS) is 27.3. The van der Waals surface area contributed by atoms with Gasteiger partial charge in [0.2, 0.25) is 0 Å². The van der Waals surface area contributed by atoms with Crippen molar-refractivity contribution in [3.63, 3.8) is 0 Å². The maximum atomic E-state index is 16.1. The zero-order chi connectivity index (χ0) is 28.6. The van der Waals surface area contributed by atoms with Crippen LogP contribution in [0.5, 0.6) is 17.5 Å². The molecule has 0 aliphatic carbocycles.